The highest BCUT2D eigenvalue weighted by Gasteiger charge is 2.42. The van der Waals surface area contributed by atoms with Crippen molar-refractivity contribution in [2.45, 2.75) is 66.3 Å². The predicted octanol–water partition coefficient (Wildman–Crippen LogP) is 4.11. The van der Waals surface area contributed by atoms with Crippen molar-refractivity contribution >= 4 is 11.3 Å². The van der Waals surface area contributed by atoms with Crippen LogP contribution in [-0.4, -0.2) is 17.1 Å². The Bertz CT molecular complexity index is 421. The first-order chi connectivity index (χ1) is 8.70. The molecule has 0 saturated heterocycles. The predicted molar refractivity (Wildman–Crippen MR) is 83.9 cm³/mol. The number of nitrogens with zero attached hydrogens (tertiary/aromatic N) is 1. The van der Waals surface area contributed by atoms with Crippen LogP contribution in [0, 0.1) is 25.2 Å². The molecule has 1 fully saturated rings. The Kier molecular flexibility index (Phi) is 4.08. The number of aromatic nitrogens is 1. The number of hydrogen-bond donors (Lipinski definition) is 1. The molecule has 0 spiro atoms. The van der Waals surface area contributed by atoms with Crippen molar-refractivity contribution < 1.29 is 0 Å². The standard InChI is InChI=1S/C16H28N2S/c1-11-12(2)19-14(18-11)9-16(6,13-7-8-13)10-17-15(3,4)5/h13,17H,7-10H2,1-6H3. The minimum Gasteiger partial charge on any atom is -0.312 e. The van der Waals surface area contributed by atoms with Crippen LogP contribution in [0.25, 0.3) is 0 Å². The normalized spacial score (nSPS) is 19.5. The van der Waals surface area contributed by atoms with Gasteiger partial charge in [0.2, 0.25) is 0 Å². The van der Waals surface area contributed by atoms with Crippen LogP contribution in [0.3, 0.4) is 0 Å². The van der Waals surface area contributed by atoms with Crippen LogP contribution in [-0.2, 0) is 6.42 Å². The van der Waals surface area contributed by atoms with E-state index in [-0.39, 0.29) is 5.54 Å². The first-order valence-electron chi connectivity index (χ1n) is 7.37. The molecule has 1 aromatic rings. The van der Waals surface area contributed by atoms with Crippen molar-refractivity contribution in [2.75, 3.05) is 6.54 Å². The first kappa shape index (κ1) is 15.0. The monoisotopic (exact) mass is 280 g/mol. The highest BCUT2D eigenvalue weighted by molar-refractivity contribution is 7.11. The van der Waals surface area contributed by atoms with Gasteiger partial charge in [0.1, 0.15) is 0 Å². The van der Waals surface area contributed by atoms with Crippen LogP contribution in [0.1, 0.15) is 56.1 Å². The van der Waals surface area contributed by atoms with Crippen molar-refractivity contribution in [3.63, 3.8) is 0 Å². The summed E-state index contributed by atoms with van der Waals surface area (Å²) in [7, 11) is 0. The Labute approximate surface area is 122 Å². The molecule has 1 aliphatic carbocycles. The molecule has 1 heterocycles. The van der Waals surface area contributed by atoms with E-state index in [9.17, 15) is 0 Å². The number of thiazole rings is 1. The second-order valence-electron chi connectivity index (χ2n) is 7.46. The van der Waals surface area contributed by atoms with Gasteiger partial charge in [-0.05, 0) is 58.8 Å². The van der Waals surface area contributed by atoms with Crippen LogP contribution in [0.15, 0.2) is 0 Å². The Morgan fingerprint density at radius 2 is 1.84 bits per heavy atom. The fourth-order valence-corrected chi connectivity index (χ4v) is 3.69. The quantitative estimate of drug-likeness (QED) is 0.878. The van der Waals surface area contributed by atoms with E-state index in [1.165, 1.54) is 28.4 Å². The number of nitrogens with one attached hydrogen (secondary N) is 1. The Morgan fingerprint density at radius 1 is 1.21 bits per heavy atom. The molecular weight excluding hydrogens is 252 g/mol. The third kappa shape index (κ3) is 4.03. The van der Waals surface area contributed by atoms with E-state index in [1.54, 1.807) is 0 Å². The van der Waals surface area contributed by atoms with Gasteiger partial charge in [-0.25, -0.2) is 4.98 Å². The molecule has 2 nitrogen and oxygen atoms in total. The van der Waals surface area contributed by atoms with E-state index in [0.717, 1.165) is 18.9 Å². The van der Waals surface area contributed by atoms with E-state index in [2.05, 4.69) is 46.9 Å². The number of aryl methyl sites for hydroxylation is 2. The lowest BCUT2D eigenvalue weighted by Crippen LogP contribution is -2.44. The molecule has 1 saturated carbocycles. The SMILES string of the molecule is Cc1nc(CC(C)(CNC(C)(C)C)C2CC2)sc1C. The maximum absolute atomic E-state index is 4.74. The maximum Gasteiger partial charge on any atom is 0.0936 e. The van der Waals surface area contributed by atoms with Crippen molar-refractivity contribution in [3.8, 4) is 0 Å². The van der Waals surface area contributed by atoms with Crippen LogP contribution in [0.2, 0.25) is 0 Å². The molecule has 0 amide bonds. The molecule has 0 aromatic carbocycles. The van der Waals surface area contributed by atoms with Gasteiger partial charge in [-0.2, -0.15) is 0 Å². The zero-order valence-electron chi connectivity index (χ0n) is 13.3. The molecule has 1 aliphatic rings. The largest absolute Gasteiger partial charge is 0.312 e. The van der Waals surface area contributed by atoms with E-state index in [1.807, 2.05) is 11.3 Å². The molecule has 1 aromatic heterocycles. The van der Waals surface area contributed by atoms with E-state index < -0.39 is 0 Å². The van der Waals surface area contributed by atoms with Crippen LogP contribution < -0.4 is 5.32 Å². The highest BCUT2D eigenvalue weighted by Crippen LogP contribution is 2.47. The molecule has 3 heteroatoms. The Hall–Kier alpha value is -0.410. The maximum atomic E-state index is 4.74. The highest BCUT2D eigenvalue weighted by atomic mass is 32.1. The van der Waals surface area contributed by atoms with Gasteiger partial charge in [0.05, 0.1) is 10.7 Å². The Balaban J connectivity index is 2.06. The fourth-order valence-electron chi connectivity index (χ4n) is 2.56. The average Bonchev–Trinajstić information content (AvgIpc) is 3.05. The number of rotatable bonds is 5. The van der Waals surface area contributed by atoms with Crippen molar-refractivity contribution in [3.05, 3.63) is 15.6 Å². The molecule has 2 rings (SSSR count). The molecule has 1 N–H and O–H groups in total. The van der Waals surface area contributed by atoms with E-state index >= 15 is 0 Å². The third-order valence-corrected chi connectivity index (χ3v) is 5.29. The topological polar surface area (TPSA) is 24.9 Å². The molecule has 1 atom stereocenters. The van der Waals surface area contributed by atoms with Crippen molar-refractivity contribution in [1.29, 1.82) is 0 Å². The van der Waals surface area contributed by atoms with Gasteiger partial charge in [0.25, 0.3) is 0 Å². The van der Waals surface area contributed by atoms with Crippen molar-refractivity contribution in [1.82, 2.24) is 10.3 Å². The smallest absolute Gasteiger partial charge is 0.0936 e. The van der Waals surface area contributed by atoms with Gasteiger partial charge in [-0.3, -0.25) is 0 Å². The van der Waals surface area contributed by atoms with Gasteiger partial charge in [-0.1, -0.05) is 6.92 Å². The minimum absolute atomic E-state index is 0.199. The summed E-state index contributed by atoms with van der Waals surface area (Å²) in [6, 6.07) is 0. The zero-order valence-corrected chi connectivity index (χ0v) is 14.1. The summed E-state index contributed by atoms with van der Waals surface area (Å²) in [5.74, 6) is 0.881. The van der Waals surface area contributed by atoms with Crippen LogP contribution >= 0.6 is 11.3 Å². The van der Waals surface area contributed by atoms with Crippen LogP contribution in [0.5, 0.6) is 0 Å². The summed E-state index contributed by atoms with van der Waals surface area (Å²) in [4.78, 5) is 6.11. The Morgan fingerprint density at radius 3 is 2.26 bits per heavy atom. The summed E-state index contributed by atoms with van der Waals surface area (Å²) in [6.45, 7) is 14.6. The third-order valence-electron chi connectivity index (χ3n) is 4.21. The molecule has 108 valence electrons. The fraction of sp³-hybridized carbons (Fsp3) is 0.812. The number of hydrogen-bond acceptors (Lipinski definition) is 3. The lowest BCUT2D eigenvalue weighted by Gasteiger charge is -2.33. The van der Waals surface area contributed by atoms with Gasteiger partial charge in [0, 0.05) is 23.4 Å². The van der Waals surface area contributed by atoms with Gasteiger partial charge in [-0.15, -0.1) is 11.3 Å². The van der Waals surface area contributed by atoms with Crippen molar-refractivity contribution in [2.24, 2.45) is 11.3 Å². The van der Waals surface area contributed by atoms with Crippen LogP contribution in [0.4, 0.5) is 0 Å². The minimum atomic E-state index is 0.199. The summed E-state index contributed by atoms with van der Waals surface area (Å²) in [5, 5.41) is 5.02. The molecule has 1 unspecified atom stereocenters. The molecule has 0 aliphatic heterocycles. The molecular formula is C16H28N2S. The first-order valence-corrected chi connectivity index (χ1v) is 8.19. The summed E-state index contributed by atoms with van der Waals surface area (Å²) >= 11 is 1.88. The summed E-state index contributed by atoms with van der Waals surface area (Å²) in [6.07, 6.45) is 3.91. The molecule has 0 bridgehead atoms. The lowest BCUT2D eigenvalue weighted by atomic mass is 9.81. The van der Waals surface area contributed by atoms with Gasteiger partial charge in [0.15, 0.2) is 0 Å². The zero-order chi connectivity index (χ0) is 14.3. The second-order valence-corrected chi connectivity index (χ2v) is 8.75. The van der Waals surface area contributed by atoms with E-state index in [4.69, 9.17) is 4.98 Å². The lowest BCUT2D eigenvalue weighted by molar-refractivity contribution is 0.227. The second kappa shape index (κ2) is 5.17. The summed E-state index contributed by atoms with van der Waals surface area (Å²) < 4.78 is 0. The average molecular weight is 280 g/mol. The van der Waals surface area contributed by atoms with Gasteiger partial charge < -0.3 is 5.32 Å². The van der Waals surface area contributed by atoms with Gasteiger partial charge >= 0.3 is 0 Å². The molecule has 0 radical (unpaired) electrons. The summed E-state index contributed by atoms with van der Waals surface area (Å²) in [5.41, 5.74) is 1.77. The van der Waals surface area contributed by atoms with E-state index in [0.29, 0.717) is 5.41 Å². The molecule has 19 heavy (non-hydrogen) atoms.